The molecule has 26 heteroatoms. The van der Waals surface area contributed by atoms with Gasteiger partial charge >= 0.3 is 0 Å². The van der Waals surface area contributed by atoms with Gasteiger partial charge in [-0.25, -0.2) is 0 Å². The van der Waals surface area contributed by atoms with E-state index in [0.29, 0.717) is 88.7 Å². The van der Waals surface area contributed by atoms with E-state index in [1.807, 2.05) is 30.5 Å². The van der Waals surface area contributed by atoms with Gasteiger partial charge in [-0.3, -0.25) is 43.5 Å². The van der Waals surface area contributed by atoms with Crippen LogP contribution in [0.5, 0.6) is 0 Å². The third-order valence-electron chi connectivity index (χ3n) is 11.9. The number of thioether (sulfide) groups is 1. The highest BCUT2D eigenvalue weighted by Gasteiger charge is 2.34. The van der Waals surface area contributed by atoms with E-state index in [0.717, 1.165) is 10.9 Å². The Balaban J connectivity index is 2.50. The van der Waals surface area contributed by atoms with Crippen molar-refractivity contribution < 1.29 is 33.6 Å². The smallest absolute Gasteiger partial charge is 0.243 e. The molecule has 0 radical (unpaired) electrons. The first-order chi connectivity index (χ1) is 35.0. The summed E-state index contributed by atoms with van der Waals surface area (Å²) in [6, 6.07) is -0.235. The summed E-state index contributed by atoms with van der Waals surface area (Å²) in [5, 5.41) is 20.5. The van der Waals surface area contributed by atoms with Crippen LogP contribution in [0, 0.1) is 0 Å². The van der Waals surface area contributed by atoms with Gasteiger partial charge in [0.1, 0.15) is 36.3 Å². The largest absolute Gasteiger partial charge is 0.370 e. The highest BCUT2D eigenvalue weighted by molar-refractivity contribution is 7.98. The fourth-order valence-electron chi connectivity index (χ4n) is 7.85. The van der Waals surface area contributed by atoms with Crippen LogP contribution in [-0.2, 0) is 40.0 Å². The number of guanidine groups is 2. The van der Waals surface area contributed by atoms with Crippen LogP contribution in [0.1, 0.15) is 95.5 Å². The Morgan fingerprint density at radius 2 is 0.904 bits per heavy atom. The van der Waals surface area contributed by atoms with E-state index >= 15 is 0 Å². The van der Waals surface area contributed by atoms with Crippen molar-refractivity contribution in [2.24, 2.45) is 55.9 Å². The number of fused-ring (bicyclic) bond motifs is 1. The van der Waals surface area contributed by atoms with Gasteiger partial charge < -0.3 is 88.1 Å². The number of carbonyl (C=O) groups excluding carboxylic acids is 7. The first-order valence-corrected chi connectivity index (χ1v) is 26.4. The lowest BCUT2D eigenvalue weighted by molar-refractivity contribution is -0.135. The topological polar surface area (TPSA) is 452 Å². The van der Waals surface area contributed by atoms with Crippen molar-refractivity contribution in [2.45, 2.75) is 139 Å². The molecule has 0 saturated heterocycles. The van der Waals surface area contributed by atoms with Gasteiger partial charge in [-0.05, 0) is 140 Å². The number of carbonyl (C=O) groups is 7. The number of hydrogen-bond acceptors (Lipinski definition) is 14. The van der Waals surface area contributed by atoms with Crippen LogP contribution >= 0.6 is 11.8 Å². The van der Waals surface area contributed by atoms with Crippen molar-refractivity contribution in [3.05, 3.63) is 36.0 Å². The van der Waals surface area contributed by atoms with Crippen molar-refractivity contribution in [1.29, 1.82) is 0 Å². The second kappa shape index (κ2) is 35.8. The fourth-order valence-corrected chi connectivity index (χ4v) is 8.32. The van der Waals surface area contributed by atoms with Gasteiger partial charge in [0.15, 0.2) is 11.9 Å². The van der Waals surface area contributed by atoms with Crippen LogP contribution < -0.4 is 83.1 Å². The Labute approximate surface area is 432 Å². The van der Waals surface area contributed by atoms with Gasteiger partial charge in [0.25, 0.3) is 0 Å². The number of nitrogens with two attached hydrogens (primary N) is 8. The van der Waals surface area contributed by atoms with Crippen LogP contribution in [-0.4, -0.2) is 152 Å². The lowest BCUT2D eigenvalue weighted by Gasteiger charge is -2.28. The molecule has 7 unspecified atom stereocenters. The molecule has 0 aliphatic heterocycles. The maximum atomic E-state index is 14.6. The Kier molecular flexibility index (Phi) is 30.9. The summed E-state index contributed by atoms with van der Waals surface area (Å²) >= 11 is 1.43. The number of rotatable bonds is 39. The third-order valence-corrected chi connectivity index (χ3v) is 12.6. The minimum absolute atomic E-state index is 0.0292. The van der Waals surface area contributed by atoms with Gasteiger partial charge in [0, 0.05) is 36.6 Å². The third kappa shape index (κ3) is 24.4. The van der Waals surface area contributed by atoms with Gasteiger partial charge in [-0.2, -0.15) is 11.8 Å². The molecule has 25 nitrogen and oxygen atoms in total. The Morgan fingerprint density at radius 3 is 1.34 bits per heavy atom. The summed E-state index contributed by atoms with van der Waals surface area (Å²) in [5.41, 5.74) is 46.3. The van der Waals surface area contributed by atoms with Crippen LogP contribution in [0.15, 0.2) is 40.4 Å². The van der Waals surface area contributed by atoms with E-state index in [1.165, 1.54) is 11.8 Å². The van der Waals surface area contributed by atoms with Crippen molar-refractivity contribution in [1.82, 2.24) is 42.2 Å². The van der Waals surface area contributed by atoms with Gasteiger partial charge in [-0.1, -0.05) is 18.2 Å². The molecule has 0 fully saturated rings. The number of benzene rings is 1. The fraction of sp³-hybridized carbons (Fsp3) is 0.638. The molecule has 0 aliphatic carbocycles. The quantitative estimate of drug-likeness (QED) is 0.0180. The number of hydrogen-bond donors (Lipinski definition) is 16. The number of aliphatic imine (C=N–C) groups is 2. The molecule has 7 amide bonds. The average Bonchev–Trinajstić information content (AvgIpc) is 3.76. The number of para-hydroxylation sites is 1. The summed E-state index contributed by atoms with van der Waals surface area (Å²) in [6.45, 7) is 1.48. The van der Waals surface area contributed by atoms with Crippen LogP contribution in [0.25, 0.3) is 10.9 Å². The SMILES string of the molecule is CNC(CCCN=C(N)N)C(=O)NC(CCCN=C(N)N)C(=O)NC(CCSC)C(=O)NC(CCCCN)C(=O)NC(Cc1c[nH]c2ccccc12)C(=O)NC(CCCCN)C(=O)NC(CCCCN)C(N)=O. The molecule has 1 aromatic carbocycles. The number of unbranched alkanes of at least 4 members (excludes halogenated alkanes) is 3. The van der Waals surface area contributed by atoms with E-state index in [1.54, 1.807) is 13.2 Å². The second-order valence-electron chi connectivity index (χ2n) is 17.7. The number of primary amides is 1. The number of likely N-dealkylation sites (N-methyl/N-ethyl adjacent to an activating group) is 1. The average molecular weight is 1050 g/mol. The first kappa shape index (κ1) is 62.9. The van der Waals surface area contributed by atoms with E-state index in [9.17, 15) is 33.6 Å². The lowest BCUT2D eigenvalue weighted by atomic mass is 10.0. The zero-order chi connectivity index (χ0) is 54.1. The highest BCUT2D eigenvalue weighted by Crippen LogP contribution is 2.20. The van der Waals surface area contributed by atoms with Gasteiger partial charge in [0.2, 0.25) is 41.4 Å². The maximum Gasteiger partial charge on any atom is 0.243 e. The number of H-pyrrole nitrogens is 1. The summed E-state index contributed by atoms with van der Waals surface area (Å²) in [7, 11) is 1.61. The molecular formula is C47H84N18O7S. The van der Waals surface area contributed by atoms with E-state index in [4.69, 9.17) is 45.9 Å². The minimum atomic E-state index is -1.29. The van der Waals surface area contributed by atoms with E-state index < -0.39 is 83.6 Å². The second-order valence-corrected chi connectivity index (χ2v) is 18.7. The zero-order valence-corrected chi connectivity index (χ0v) is 43.4. The molecule has 2 aromatic rings. The molecule has 0 spiro atoms. The Morgan fingerprint density at radius 1 is 0.521 bits per heavy atom. The predicted octanol–water partition coefficient (Wildman–Crippen LogP) is -3.06. The van der Waals surface area contributed by atoms with Crippen molar-refractivity contribution in [2.75, 3.05) is 51.8 Å². The van der Waals surface area contributed by atoms with Crippen LogP contribution in [0.4, 0.5) is 0 Å². The zero-order valence-electron chi connectivity index (χ0n) is 42.6. The number of nitrogens with one attached hydrogen (secondary N) is 8. The maximum absolute atomic E-state index is 14.6. The standard InChI is InChI=1S/C47H84N18O7S/c1-56-33(18-11-24-57-46(52)53)40(67)61-36(19-12-25-58-47(54)55)42(69)64-37(20-26-73-2)44(71)62-35(17-7-10-23-50)43(70)65-38(27-29-28-59-31-14-4-3-13-30(29)31)45(72)63-34(16-6-9-22-49)41(68)60-32(39(51)66)15-5-8-21-48/h3-4,13-14,28,32-38,56,59H,5-12,15-27,48-50H2,1-2H3,(H2,51,66)(H,60,68)(H,61,67)(H,62,71)(H,63,72)(H,64,69)(H,65,70)(H4,52,53,57)(H4,54,55,58). The summed E-state index contributed by atoms with van der Waals surface area (Å²) in [6.07, 6.45) is 8.47. The molecule has 0 aliphatic rings. The normalized spacial score (nSPS) is 14.0. The van der Waals surface area contributed by atoms with Gasteiger partial charge in [0.05, 0.1) is 6.04 Å². The first-order valence-electron chi connectivity index (χ1n) is 25.0. The highest BCUT2D eigenvalue weighted by atomic mass is 32.2. The minimum Gasteiger partial charge on any atom is -0.370 e. The molecule has 2 rings (SSSR count). The molecule has 7 atom stereocenters. The Hall–Kier alpha value is -6.22. The van der Waals surface area contributed by atoms with E-state index in [-0.39, 0.29) is 63.5 Å². The molecule has 1 aromatic heterocycles. The molecule has 0 bridgehead atoms. The number of aromatic nitrogens is 1. The van der Waals surface area contributed by atoms with Crippen molar-refractivity contribution in [3.63, 3.8) is 0 Å². The van der Waals surface area contributed by atoms with Crippen LogP contribution in [0.2, 0.25) is 0 Å². The number of nitrogens with zero attached hydrogens (tertiary/aromatic N) is 2. The summed E-state index contributed by atoms with van der Waals surface area (Å²) < 4.78 is 0. The molecule has 24 N–H and O–H groups in total. The number of amides is 7. The number of aromatic amines is 1. The van der Waals surface area contributed by atoms with Crippen molar-refractivity contribution >= 4 is 75.9 Å². The van der Waals surface area contributed by atoms with Crippen molar-refractivity contribution in [3.8, 4) is 0 Å². The van der Waals surface area contributed by atoms with E-state index in [2.05, 4.69) is 52.2 Å². The van der Waals surface area contributed by atoms with Gasteiger partial charge in [-0.15, -0.1) is 0 Å². The van der Waals surface area contributed by atoms with Crippen LogP contribution in [0.3, 0.4) is 0 Å². The summed E-state index contributed by atoms with van der Waals surface area (Å²) in [4.78, 5) is 108. The monoisotopic (exact) mass is 1040 g/mol. The molecule has 0 saturated carbocycles. The molecular weight excluding hydrogens is 961 g/mol. The Bertz CT molecular complexity index is 2080. The molecule has 1 heterocycles. The molecule has 73 heavy (non-hydrogen) atoms. The summed E-state index contributed by atoms with van der Waals surface area (Å²) in [5.74, 6) is -4.38. The predicted molar refractivity (Wildman–Crippen MR) is 287 cm³/mol. The lowest BCUT2D eigenvalue weighted by Crippen LogP contribution is -2.60. The molecule has 410 valence electrons.